The van der Waals surface area contributed by atoms with Gasteiger partial charge in [0.15, 0.2) is 5.13 Å². The maximum atomic E-state index is 14.2. The largest absolute Gasteiger partial charge is 0.497 e. The van der Waals surface area contributed by atoms with Gasteiger partial charge in [0.25, 0.3) is 0 Å². The number of nitrogens with zero attached hydrogens (tertiary/aromatic N) is 3. The third-order valence-corrected chi connectivity index (χ3v) is 6.13. The van der Waals surface area contributed by atoms with Gasteiger partial charge in [0, 0.05) is 31.0 Å². The highest BCUT2D eigenvalue weighted by molar-refractivity contribution is 7.14. The summed E-state index contributed by atoms with van der Waals surface area (Å²) in [5, 5.41) is 2.08. The molecule has 0 aliphatic heterocycles. The molecule has 3 aromatic rings. The van der Waals surface area contributed by atoms with Crippen LogP contribution in [0, 0.1) is 5.82 Å². The van der Waals surface area contributed by atoms with Crippen molar-refractivity contribution < 1.29 is 18.7 Å². The van der Waals surface area contributed by atoms with E-state index in [0.717, 1.165) is 24.2 Å². The average Bonchev–Trinajstić information content (AvgIpc) is 3.55. The van der Waals surface area contributed by atoms with Gasteiger partial charge in [0.05, 0.1) is 18.5 Å². The molecular formula is C25H24FN3O3S. The van der Waals surface area contributed by atoms with Crippen LogP contribution in [0.5, 0.6) is 5.75 Å². The van der Waals surface area contributed by atoms with Crippen LogP contribution < -0.4 is 9.64 Å². The van der Waals surface area contributed by atoms with Crippen molar-refractivity contribution in [2.45, 2.75) is 32.4 Å². The molecule has 0 bridgehead atoms. The van der Waals surface area contributed by atoms with Crippen LogP contribution in [0.3, 0.4) is 0 Å². The number of amides is 2. The van der Waals surface area contributed by atoms with E-state index >= 15 is 0 Å². The van der Waals surface area contributed by atoms with Crippen LogP contribution in [0.2, 0.25) is 0 Å². The molecule has 2 amide bonds. The van der Waals surface area contributed by atoms with Gasteiger partial charge in [-0.25, -0.2) is 9.37 Å². The monoisotopic (exact) mass is 465 g/mol. The van der Waals surface area contributed by atoms with Crippen molar-refractivity contribution in [2.75, 3.05) is 12.0 Å². The van der Waals surface area contributed by atoms with Crippen molar-refractivity contribution in [2.24, 2.45) is 0 Å². The SMILES string of the molecule is COc1ccc(CN(C(=O)/C=C/c2csc(N(C(C)=O)c3ccccc3F)n2)C2CC2)cc1. The predicted octanol–water partition coefficient (Wildman–Crippen LogP) is 5.18. The van der Waals surface area contributed by atoms with E-state index in [-0.39, 0.29) is 23.5 Å². The Morgan fingerprint density at radius 3 is 2.55 bits per heavy atom. The minimum Gasteiger partial charge on any atom is -0.497 e. The summed E-state index contributed by atoms with van der Waals surface area (Å²) >= 11 is 1.21. The Hall–Kier alpha value is -3.52. The van der Waals surface area contributed by atoms with Crippen LogP contribution in [-0.4, -0.2) is 34.8 Å². The molecule has 1 aliphatic carbocycles. The molecule has 0 saturated heterocycles. The molecule has 1 aliphatic rings. The molecule has 4 rings (SSSR count). The van der Waals surface area contributed by atoms with Gasteiger partial charge >= 0.3 is 0 Å². The number of hydrogen-bond donors (Lipinski definition) is 0. The predicted molar refractivity (Wildman–Crippen MR) is 127 cm³/mol. The molecule has 0 spiro atoms. The van der Waals surface area contributed by atoms with Gasteiger partial charge in [0.2, 0.25) is 11.8 Å². The number of rotatable bonds is 8. The Kier molecular flexibility index (Phi) is 6.84. The highest BCUT2D eigenvalue weighted by atomic mass is 32.1. The molecule has 1 aromatic heterocycles. The first-order chi connectivity index (χ1) is 16.0. The number of carbonyl (C=O) groups is 2. The summed E-state index contributed by atoms with van der Waals surface area (Å²) in [5.74, 6) is -0.174. The van der Waals surface area contributed by atoms with Crippen LogP contribution in [0.1, 0.15) is 31.0 Å². The number of para-hydroxylation sites is 1. The Morgan fingerprint density at radius 1 is 1.18 bits per heavy atom. The van der Waals surface area contributed by atoms with Gasteiger partial charge in [-0.05, 0) is 48.7 Å². The summed E-state index contributed by atoms with van der Waals surface area (Å²) in [5.41, 5.74) is 1.71. The zero-order chi connectivity index (χ0) is 23.4. The number of thiazole rings is 1. The fourth-order valence-corrected chi connectivity index (χ4v) is 4.30. The highest BCUT2D eigenvalue weighted by Gasteiger charge is 2.31. The molecular weight excluding hydrogens is 441 g/mol. The maximum absolute atomic E-state index is 14.2. The lowest BCUT2D eigenvalue weighted by molar-refractivity contribution is -0.127. The van der Waals surface area contributed by atoms with Crippen molar-refractivity contribution >= 4 is 40.0 Å². The number of halogens is 1. The van der Waals surface area contributed by atoms with Crippen LogP contribution in [0.15, 0.2) is 60.0 Å². The summed E-state index contributed by atoms with van der Waals surface area (Å²) in [6, 6.07) is 14.0. The Labute approximate surface area is 195 Å². The number of ether oxygens (including phenoxy) is 1. The quantitative estimate of drug-likeness (QED) is 0.430. The smallest absolute Gasteiger partial charge is 0.247 e. The second-order valence-corrected chi connectivity index (χ2v) is 8.58. The van der Waals surface area contributed by atoms with E-state index < -0.39 is 5.82 Å². The zero-order valence-electron chi connectivity index (χ0n) is 18.4. The third kappa shape index (κ3) is 5.46. The number of methoxy groups -OCH3 is 1. The van der Waals surface area contributed by atoms with Gasteiger partial charge in [-0.1, -0.05) is 24.3 Å². The number of aromatic nitrogens is 1. The van der Waals surface area contributed by atoms with Gasteiger partial charge < -0.3 is 9.64 Å². The van der Waals surface area contributed by atoms with Gasteiger partial charge in [-0.15, -0.1) is 11.3 Å². The lowest BCUT2D eigenvalue weighted by Crippen LogP contribution is -2.31. The van der Waals surface area contributed by atoms with Crippen molar-refractivity contribution in [1.29, 1.82) is 0 Å². The lowest BCUT2D eigenvalue weighted by Gasteiger charge is -2.21. The van der Waals surface area contributed by atoms with Crippen molar-refractivity contribution in [1.82, 2.24) is 9.88 Å². The average molecular weight is 466 g/mol. The molecule has 170 valence electrons. The number of hydrogen-bond acceptors (Lipinski definition) is 5. The standard InChI is InChI=1S/C25H24FN3O3S/c1-17(30)29(23-6-4-3-5-22(23)26)25-27-19(16-33-25)9-14-24(31)28(20-10-11-20)15-18-7-12-21(32-2)13-8-18/h3-9,12-14,16,20H,10-11,15H2,1-2H3/b14-9+. The first-order valence-corrected chi connectivity index (χ1v) is 11.5. The van der Waals surface area contributed by atoms with Gasteiger partial charge in [-0.3, -0.25) is 14.5 Å². The summed E-state index contributed by atoms with van der Waals surface area (Å²) in [4.78, 5) is 32.6. The van der Waals surface area contributed by atoms with Crippen LogP contribution in [-0.2, 0) is 16.1 Å². The lowest BCUT2D eigenvalue weighted by atomic mass is 10.2. The van der Waals surface area contributed by atoms with Crippen molar-refractivity contribution in [3.8, 4) is 5.75 Å². The Morgan fingerprint density at radius 2 is 1.91 bits per heavy atom. The molecule has 2 aromatic carbocycles. The van der Waals surface area contributed by atoms with E-state index in [0.29, 0.717) is 17.4 Å². The van der Waals surface area contributed by atoms with Crippen molar-refractivity contribution in [3.63, 3.8) is 0 Å². The Bertz CT molecular complexity index is 1170. The molecule has 8 heteroatoms. The fraction of sp³-hybridized carbons (Fsp3) is 0.240. The molecule has 0 radical (unpaired) electrons. The van der Waals surface area contributed by atoms with E-state index in [1.165, 1.54) is 41.4 Å². The minimum atomic E-state index is -0.506. The number of benzene rings is 2. The van der Waals surface area contributed by atoms with Gasteiger partial charge in [-0.2, -0.15) is 0 Å². The normalized spacial score (nSPS) is 13.2. The van der Waals surface area contributed by atoms with E-state index in [4.69, 9.17) is 4.74 Å². The Balaban J connectivity index is 1.48. The van der Waals surface area contributed by atoms with Crippen molar-refractivity contribution in [3.05, 3.63) is 77.1 Å². The maximum Gasteiger partial charge on any atom is 0.247 e. The molecule has 0 atom stereocenters. The van der Waals surface area contributed by atoms with Crippen LogP contribution in [0.25, 0.3) is 6.08 Å². The summed E-state index contributed by atoms with van der Waals surface area (Å²) in [6.07, 6.45) is 5.12. The molecule has 6 nitrogen and oxygen atoms in total. The molecule has 1 saturated carbocycles. The van der Waals surface area contributed by atoms with Gasteiger partial charge in [0.1, 0.15) is 11.6 Å². The highest BCUT2D eigenvalue weighted by Crippen LogP contribution is 2.32. The molecule has 0 unspecified atom stereocenters. The molecule has 0 N–H and O–H groups in total. The first kappa shape index (κ1) is 22.7. The number of carbonyl (C=O) groups excluding carboxylic acids is 2. The van der Waals surface area contributed by atoms with Crippen LogP contribution >= 0.6 is 11.3 Å². The number of anilines is 2. The minimum absolute atomic E-state index is 0.0969. The van der Waals surface area contributed by atoms with Crippen LogP contribution in [0.4, 0.5) is 15.2 Å². The van der Waals surface area contributed by atoms with E-state index in [2.05, 4.69) is 4.98 Å². The second kappa shape index (κ2) is 9.95. The summed E-state index contributed by atoms with van der Waals surface area (Å²) < 4.78 is 19.4. The summed E-state index contributed by atoms with van der Waals surface area (Å²) in [6.45, 7) is 1.88. The first-order valence-electron chi connectivity index (χ1n) is 10.6. The van der Waals surface area contributed by atoms with E-state index in [1.807, 2.05) is 29.2 Å². The van der Waals surface area contributed by atoms with E-state index in [9.17, 15) is 14.0 Å². The molecule has 1 fully saturated rings. The fourth-order valence-electron chi connectivity index (χ4n) is 3.45. The molecule has 33 heavy (non-hydrogen) atoms. The summed E-state index contributed by atoms with van der Waals surface area (Å²) in [7, 11) is 1.62. The molecule has 1 heterocycles. The third-order valence-electron chi connectivity index (χ3n) is 5.29. The second-order valence-electron chi connectivity index (χ2n) is 7.74. The zero-order valence-corrected chi connectivity index (χ0v) is 19.2. The van der Waals surface area contributed by atoms with E-state index in [1.54, 1.807) is 30.7 Å². The topological polar surface area (TPSA) is 62.7 Å².